The standard InChI is InChI=1S/C7H17NO/c1-3-5-6-7-8-9-4-2/h8H,3-7H2,1-2H3. The average molecular weight is 131 g/mol. The van der Waals surface area contributed by atoms with Gasteiger partial charge in [0.05, 0.1) is 6.61 Å². The van der Waals surface area contributed by atoms with Crippen molar-refractivity contribution >= 4 is 0 Å². The summed E-state index contributed by atoms with van der Waals surface area (Å²) in [7, 11) is 0. The maximum absolute atomic E-state index is 4.93. The van der Waals surface area contributed by atoms with Crippen LogP contribution in [0.4, 0.5) is 0 Å². The predicted octanol–water partition coefficient (Wildman–Crippen LogP) is 1.72. The molecule has 0 spiro atoms. The zero-order chi connectivity index (χ0) is 6.95. The number of nitrogens with one attached hydrogen (secondary N) is 1. The van der Waals surface area contributed by atoms with Gasteiger partial charge in [0.2, 0.25) is 0 Å². The minimum absolute atomic E-state index is 0.756. The minimum atomic E-state index is 0.756. The van der Waals surface area contributed by atoms with E-state index in [0.29, 0.717) is 0 Å². The van der Waals surface area contributed by atoms with Gasteiger partial charge >= 0.3 is 0 Å². The molecule has 0 aliphatic heterocycles. The Bertz CT molecular complexity index is 42.2. The largest absolute Gasteiger partial charge is 0.302 e. The molecule has 1 N–H and O–H groups in total. The molecule has 0 aromatic heterocycles. The Hall–Kier alpha value is -0.0800. The zero-order valence-corrected chi connectivity index (χ0v) is 6.44. The fraction of sp³-hybridized carbons (Fsp3) is 1.00. The van der Waals surface area contributed by atoms with Crippen LogP contribution in [0.5, 0.6) is 0 Å². The first-order chi connectivity index (χ1) is 4.41. The second-order valence-electron chi connectivity index (χ2n) is 2.03. The van der Waals surface area contributed by atoms with Gasteiger partial charge in [0.15, 0.2) is 0 Å². The fourth-order valence-electron chi connectivity index (χ4n) is 0.621. The zero-order valence-electron chi connectivity index (χ0n) is 6.44. The first-order valence-electron chi connectivity index (χ1n) is 3.76. The highest BCUT2D eigenvalue weighted by Gasteiger charge is 1.83. The first kappa shape index (κ1) is 8.92. The van der Waals surface area contributed by atoms with Crippen LogP contribution in [-0.4, -0.2) is 13.2 Å². The minimum Gasteiger partial charge on any atom is -0.302 e. The molecule has 9 heavy (non-hydrogen) atoms. The van der Waals surface area contributed by atoms with Crippen molar-refractivity contribution in [3.63, 3.8) is 0 Å². The van der Waals surface area contributed by atoms with Crippen molar-refractivity contribution in [1.29, 1.82) is 0 Å². The Kier molecular flexibility index (Phi) is 7.85. The molecule has 0 atom stereocenters. The van der Waals surface area contributed by atoms with Crippen molar-refractivity contribution in [2.45, 2.75) is 33.1 Å². The number of hydroxylamine groups is 1. The molecule has 0 radical (unpaired) electrons. The highest BCUT2D eigenvalue weighted by molar-refractivity contribution is 4.37. The van der Waals surface area contributed by atoms with E-state index in [1.54, 1.807) is 0 Å². The summed E-state index contributed by atoms with van der Waals surface area (Å²) in [5.41, 5.74) is 2.87. The third kappa shape index (κ3) is 7.92. The van der Waals surface area contributed by atoms with Crippen LogP contribution in [0.2, 0.25) is 0 Å². The Morgan fingerprint density at radius 1 is 1.22 bits per heavy atom. The summed E-state index contributed by atoms with van der Waals surface area (Å²) >= 11 is 0. The van der Waals surface area contributed by atoms with E-state index >= 15 is 0 Å². The van der Waals surface area contributed by atoms with Crippen LogP contribution in [0.25, 0.3) is 0 Å². The van der Waals surface area contributed by atoms with Gasteiger partial charge < -0.3 is 4.84 Å². The molecule has 56 valence electrons. The molecular weight excluding hydrogens is 114 g/mol. The third-order valence-electron chi connectivity index (χ3n) is 1.13. The molecule has 0 saturated carbocycles. The van der Waals surface area contributed by atoms with Crippen LogP contribution < -0.4 is 5.48 Å². The molecule has 0 heterocycles. The average Bonchev–Trinajstić information content (AvgIpc) is 1.89. The van der Waals surface area contributed by atoms with Crippen molar-refractivity contribution in [2.24, 2.45) is 0 Å². The van der Waals surface area contributed by atoms with Crippen molar-refractivity contribution in [2.75, 3.05) is 13.2 Å². The van der Waals surface area contributed by atoms with Crippen molar-refractivity contribution in [3.8, 4) is 0 Å². The van der Waals surface area contributed by atoms with Gasteiger partial charge in [-0.15, -0.1) is 0 Å². The molecule has 2 nitrogen and oxygen atoms in total. The van der Waals surface area contributed by atoms with Gasteiger partial charge in [-0.3, -0.25) is 0 Å². The molecule has 0 saturated heterocycles. The summed E-state index contributed by atoms with van der Waals surface area (Å²) in [6.07, 6.45) is 3.78. The molecule has 0 aliphatic carbocycles. The molecule has 0 aromatic carbocycles. The van der Waals surface area contributed by atoms with Gasteiger partial charge in [0.1, 0.15) is 0 Å². The number of hydrogen-bond donors (Lipinski definition) is 1. The summed E-state index contributed by atoms with van der Waals surface area (Å²) in [4.78, 5) is 4.93. The van der Waals surface area contributed by atoms with Crippen molar-refractivity contribution < 1.29 is 4.84 Å². The summed E-state index contributed by atoms with van der Waals surface area (Å²) < 4.78 is 0. The van der Waals surface area contributed by atoms with Crippen LogP contribution in [0, 0.1) is 0 Å². The molecule has 2 heteroatoms. The molecule has 0 bridgehead atoms. The molecular formula is C7H17NO. The molecule has 0 amide bonds. The third-order valence-corrected chi connectivity index (χ3v) is 1.13. The Morgan fingerprint density at radius 3 is 2.56 bits per heavy atom. The van der Waals surface area contributed by atoms with E-state index in [4.69, 9.17) is 4.84 Å². The van der Waals surface area contributed by atoms with Crippen LogP contribution in [0.3, 0.4) is 0 Å². The molecule has 0 unspecified atom stereocenters. The van der Waals surface area contributed by atoms with Crippen molar-refractivity contribution in [1.82, 2.24) is 5.48 Å². The molecule has 0 fully saturated rings. The second kappa shape index (κ2) is 7.92. The number of hydrogen-bond acceptors (Lipinski definition) is 2. The lowest BCUT2D eigenvalue weighted by Crippen LogP contribution is -2.15. The SMILES string of the molecule is CCCCCNOCC. The Morgan fingerprint density at radius 2 is 2.00 bits per heavy atom. The monoisotopic (exact) mass is 131 g/mol. The van der Waals surface area contributed by atoms with Crippen LogP contribution in [-0.2, 0) is 4.84 Å². The highest BCUT2D eigenvalue weighted by Crippen LogP contribution is 1.90. The highest BCUT2D eigenvalue weighted by atomic mass is 16.6. The predicted molar refractivity (Wildman–Crippen MR) is 39.2 cm³/mol. The number of rotatable bonds is 6. The molecule has 0 aromatic rings. The number of unbranched alkanes of at least 4 members (excludes halogenated alkanes) is 2. The lowest BCUT2D eigenvalue weighted by molar-refractivity contribution is 0.0501. The van der Waals surface area contributed by atoms with E-state index in [1.165, 1.54) is 19.3 Å². The molecule has 0 aliphatic rings. The summed E-state index contributed by atoms with van der Waals surface area (Å²) in [6, 6.07) is 0. The van der Waals surface area contributed by atoms with Gasteiger partial charge in [0, 0.05) is 6.54 Å². The lowest BCUT2D eigenvalue weighted by Gasteiger charge is -2.00. The van der Waals surface area contributed by atoms with Crippen LogP contribution in [0.1, 0.15) is 33.1 Å². The lowest BCUT2D eigenvalue weighted by atomic mass is 10.3. The van der Waals surface area contributed by atoms with Gasteiger partial charge in [-0.25, -0.2) is 5.48 Å². The Labute approximate surface area is 57.5 Å². The quantitative estimate of drug-likeness (QED) is 0.437. The topological polar surface area (TPSA) is 21.3 Å². The first-order valence-corrected chi connectivity index (χ1v) is 3.76. The summed E-state index contributed by atoms with van der Waals surface area (Å²) in [5.74, 6) is 0. The van der Waals surface area contributed by atoms with Gasteiger partial charge in [-0.2, -0.15) is 0 Å². The fourth-order valence-corrected chi connectivity index (χ4v) is 0.621. The van der Waals surface area contributed by atoms with Crippen LogP contribution >= 0.6 is 0 Å². The van der Waals surface area contributed by atoms with E-state index in [9.17, 15) is 0 Å². The van der Waals surface area contributed by atoms with Gasteiger partial charge in [0.25, 0.3) is 0 Å². The maximum atomic E-state index is 4.93. The normalized spacial score (nSPS) is 10.0. The van der Waals surface area contributed by atoms with E-state index in [-0.39, 0.29) is 0 Å². The smallest absolute Gasteiger partial charge is 0.0653 e. The van der Waals surface area contributed by atoms with Crippen LogP contribution in [0.15, 0.2) is 0 Å². The summed E-state index contributed by atoms with van der Waals surface area (Å²) in [5, 5.41) is 0. The van der Waals surface area contributed by atoms with E-state index in [1.807, 2.05) is 6.92 Å². The van der Waals surface area contributed by atoms with Gasteiger partial charge in [-0.1, -0.05) is 19.8 Å². The molecule has 0 rings (SSSR count). The van der Waals surface area contributed by atoms with Crippen molar-refractivity contribution in [3.05, 3.63) is 0 Å². The van der Waals surface area contributed by atoms with E-state index in [2.05, 4.69) is 12.4 Å². The maximum Gasteiger partial charge on any atom is 0.0653 e. The van der Waals surface area contributed by atoms with E-state index < -0.39 is 0 Å². The van der Waals surface area contributed by atoms with E-state index in [0.717, 1.165) is 13.2 Å². The Balaban J connectivity index is 2.60. The van der Waals surface area contributed by atoms with Gasteiger partial charge in [-0.05, 0) is 13.3 Å². The second-order valence-corrected chi connectivity index (χ2v) is 2.03. The summed E-state index contributed by atoms with van der Waals surface area (Å²) in [6.45, 7) is 5.92.